The lowest BCUT2D eigenvalue weighted by atomic mass is 10.0. The number of fused-ring (bicyclic) bond motifs is 1. The molecule has 1 heterocycles. The van der Waals surface area contributed by atoms with Crippen molar-refractivity contribution in [2.75, 3.05) is 11.4 Å². The van der Waals surface area contributed by atoms with Gasteiger partial charge in [0.05, 0.1) is 5.92 Å². The fourth-order valence-electron chi connectivity index (χ4n) is 3.23. The quantitative estimate of drug-likeness (QED) is 0.912. The molecule has 1 aliphatic heterocycles. The summed E-state index contributed by atoms with van der Waals surface area (Å²) in [6.45, 7) is 0.669. The Morgan fingerprint density at radius 1 is 1.25 bits per heavy atom. The fourth-order valence-corrected chi connectivity index (χ4v) is 3.40. The summed E-state index contributed by atoms with van der Waals surface area (Å²) in [5.74, 6) is -1.27. The summed E-state index contributed by atoms with van der Waals surface area (Å²) in [4.78, 5) is 25.3. The van der Waals surface area contributed by atoms with Gasteiger partial charge < -0.3 is 10.0 Å². The van der Waals surface area contributed by atoms with Gasteiger partial charge in [0, 0.05) is 23.2 Å². The van der Waals surface area contributed by atoms with Crippen LogP contribution in [0.25, 0.3) is 0 Å². The molecule has 0 saturated heterocycles. The molecule has 1 aliphatic carbocycles. The Bertz CT molecular complexity index is 572. The maximum atomic E-state index is 12.6. The molecule has 1 aromatic carbocycles. The Morgan fingerprint density at radius 3 is 2.70 bits per heavy atom. The van der Waals surface area contributed by atoms with Crippen LogP contribution in [0.15, 0.2) is 18.2 Å². The second kappa shape index (κ2) is 5.09. The second-order valence-corrected chi connectivity index (χ2v) is 5.99. The summed E-state index contributed by atoms with van der Waals surface area (Å²) in [5.41, 5.74) is 2.02. The van der Waals surface area contributed by atoms with Gasteiger partial charge in [0.2, 0.25) is 5.91 Å². The molecule has 106 valence electrons. The summed E-state index contributed by atoms with van der Waals surface area (Å²) in [6.07, 6.45) is 2.57. The molecule has 0 bridgehead atoms. The third-order valence-corrected chi connectivity index (χ3v) is 4.58. The van der Waals surface area contributed by atoms with Crippen molar-refractivity contribution >= 4 is 29.2 Å². The number of hydrogen-bond acceptors (Lipinski definition) is 2. The lowest BCUT2D eigenvalue weighted by Crippen LogP contribution is -2.34. The van der Waals surface area contributed by atoms with E-state index in [9.17, 15) is 9.59 Å². The van der Waals surface area contributed by atoms with Crippen LogP contribution in [0, 0.1) is 11.8 Å². The zero-order chi connectivity index (χ0) is 14.3. The van der Waals surface area contributed by atoms with E-state index in [2.05, 4.69) is 0 Å². The lowest BCUT2D eigenvalue weighted by molar-refractivity contribution is -0.141. The van der Waals surface area contributed by atoms with Gasteiger partial charge in [-0.25, -0.2) is 0 Å². The molecule has 0 aromatic heterocycles. The van der Waals surface area contributed by atoms with E-state index in [0.717, 1.165) is 17.7 Å². The Kier molecular flexibility index (Phi) is 3.42. The zero-order valence-corrected chi connectivity index (χ0v) is 11.8. The van der Waals surface area contributed by atoms with E-state index in [4.69, 9.17) is 16.7 Å². The summed E-state index contributed by atoms with van der Waals surface area (Å²) in [6, 6.07) is 5.62. The number of rotatable bonds is 2. The third kappa shape index (κ3) is 2.29. The number of amides is 1. The molecule has 2 aliphatic rings. The molecule has 4 nitrogen and oxygen atoms in total. The molecule has 1 amide bonds. The molecule has 0 radical (unpaired) electrons. The summed E-state index contributed by atoms with van der Waals surface area (Å²) in [5, 5.41) is 9.65. The molecule has 3 rings (SSSR count). The standard InChI is InChI=1S/C15H16ClNO3/c16-12-4-3-9-5-6-17(13(9)8-12)14(18)10-1-2-11(7-10)15(19)20/h3-4,8,10-11H,1-2,5-7H2,(H,19,20). The van der Waals surface area contributed by atoms with Crippen LogP contribution >= 0.6 is 11.6 Å². The predicted octanol–water partition coefficient (Wildman–Crippen LogP) is 2.73. The van der Waals surface area contributed by atoms with E-state index in [0.29, 0.717) is 30.8 Å². The number of benzene rings is 1. The maximum Gasteiger partial charge on any atom is 0.306 e. The first-order chi connectivity index (χ1) is 9.56. The van der Waals surface area contributed by atoms with E-state index in [1.165, 1.54) is 0 Å². The van der Waals surface area contributed by atoms with Gasteiger partial charge in [-0.3, -0.25) is 9.59 Å². The highest BCUT2D eigenvalue weighted by molar-refractivity contribution is 6.31. The number of hydrogen-bond donors (Lipinski definition) is 1. The number of carboxylic acids is 1. The molecule has 0 spiro atoms. The minimum atomic E-state index is -0.787. The molecule has 2 atom stereocenters. The number of anilines is 1. The molecular weight excluding hydrogens is 278 g/mol. The van der Waals surface area contributed by atoms with E-state index in [1.807, 2.05) is 18.2 Å². The van der Waals surface area contributed by atoms with E-state index in [1.54, 1.807) is 4.90 Å². The van der Waals surface area contributed by atoms with E-state index >= 15 is 0 Å². The van der Waals surface area contributed by atoms with Gasteiger partial charge in [0.1, 0.15) is 0 Å². The first-order valence-electron chi connectivity index (χ1n) is 6.89. The third-order valence-electron chi connectivity index (χ3n) is 4.34. The van der Waals surface area contributed by atoms with Crippen LogP contribution in [-0.2, 0) is 16.0 Å². The van der Waals surface area contributed by atoms with Crippen molar-refractivity contribution in [3.8, 4) is 0 Å². The van der Waals surface area contributed by atoms with Crippen LogP contribution in [0.1, 0.15) is 24.8 Å². The largest absolute Gasteiger partial charge is 0.481 e. The summed E-state index contributed by atoms with van der Waals surface area (Å²) in [7, 11) is 0. The Balaban J connectivity index is 1.77. The predicted molar refractivity (Wildman–Crippen MR) is 76.0 cm³/mol. The van der Waals surface area contributed by atoms with E-state index in [-0.39, 0.29) is 17.7 Å². The van der Waals surface area contributed by atoms with E-state index < -0.39 is 5.97 Å². The monoisotopic (exact) mass is 293 g/mol. The van der Waals surface area contributed by atoms with Gasteiger partial charge in [-0.1, -0.05) is 17.7 Å². The molecule has 2 unspecified atom stereocenters. The molecule has 1 N–H and O–H groups in total. The molecular formula is C15H16ClNO3. The average molecular weight is 294 g/mol. The number of carboxylic acid groups (broad SMARTS) is 1. The average Bonchev–Trinajstić information content (AvgIpc) is 3.04. The van der Waals surface area contributed by atoms with Crippen molar-refractivity contribution in [1.82, 2.24) is 0 Å². The Labute approximate surface area is 122 Å². The molecule has 5 heteroatoms. The minimum absolute atomic E-state index is 0.0507. The summed E-state index contributed by atoms with van der Waals surface area (Å²) < 4.78 is 0. The van der Waals surface area contributed by atoms with Gasteiger partial charge in [0.25, 0.3) is 0 Å². The van der Waals surface area contributed by atoms with Gasteiger partial charge in [-0.2, -0.15) is 0 Å². The smallest absolute Gasteiger partial charge is 0.306 e. The van der Waals surface area contributed by atoms with Gasteiger partial charge in [-0.15, -0.1) is 0 Å². The topological polar surface area (TPSA) is 57.6 Å². The zero-order valence-electron chi connectivity index (χ0n) is 11.0. The SMILES string of the molecule is O=C(O)C1CCC(C(=O)N2CCc3ccc(Cl)cc32)C1. The van der Waals surface area contributed by atoms with Gasteiger partial charge in [0.15, 0.2) is 0 Å². The van der Waals surface area contributed by atoms with Crippen molar-refractivity contribution in [2.45, 2.75) is 25.7 Å². The first-order valence-corrected chi connectivity index (χ1v) is 7.26. The normalized spacial score (nSPS) is 24.8. The molecule has 20 heavy (non-hydrogen) atoms. The number of carbonyl (C=O) groups is 2. The summed E-state index contributed by atoms with van der Waals surface area (Å²) >= 11 is 6.00. The van der Waals surface area contributed by atoms with Gasteiger partial charge >= 0.3 is 5.97 Å². The number of nitrogens with zero attached hydrogens (tertiary/aromatic N) is 1. The van der Waals surface area contributed by atoms with Crippen LogP contribution in [0.5, 0.6) is 0 Å². The van der Waals surface area contributed by atoms with Crippen molar-refractivity contribution < 1.29 is 14.7 Å². The molecule has 1 saturated carbocycles. The Morgan fingerprint density at radius 2 is 2.00 bits per heavy atom. The van der Waals surface area contributed by atoms with Crippen molar-refractivity contribution in [1.29, 1.82) is 0 Å². The van der Waals surface area contributed by atoms with Crippen LogP contribution in [-0.4, -0.2) is 23.5 Å². The maximum absolute atomic E-state index is 12.6. The first kappa shape index (κ1) is 13.4. The highest BCUT2D eigenvalue weighted by atomic mass is 35.5. The highest BCUT2D eigenvalue weighted by Crippen LogP contribution is 2.37. The van der Waals surface area contributed by atoms with Crippen molar-refractivity contribution in [3.05, 3.63) is 28.8 Å². The Hall–Kier alpha value is -1.55. The van der Waals surface area contributed by atoms with Gasteiger partial charge in [-0.05, 0) is 43.4 Å². The molecule has 1 aromatic rings. The fraction of sp³-hybridized carbons (Fsp3) is 0.467. The van der Waals surface area contributed by atoms with Crippen LogP contribution in [0.4, 0.5) is 5.69 Å². The molecule has 1 fully saturated rings. The van der Waals surface area contributed by atoms with Crippen molar-refractivity contribution in [3.63, 3.8) is 0 Å². The number of carbonyl (C=O) groups excluding carboxylic acids is 1. The van der Waals surface area contributed by atoms with Crippen molar-refractivity contribution in [2.24, 2.45) is 11.8 Å². The second-order valence-electron chi connectivity index (χ2n) is 5.56. The van der Waals surface area contributed by atoms with Crippen LogP contribution < -0.4 is 4.90 Å². The number of aliphatic carboxylic acids is 1. The minimum Gasteiger partial charge on any atom is -0.481 e. The van der Waals surface area contributed by atoms with Crippen LogP contribution in [0.3, 0.4) is 0 Å². The highest BCUT2D eigenvalue weighted by Gasteiger charge is 2.37. The van der Waals surface area contributed by atoms with Crippen LogP contribution in [0.2, 0.25) is 5.02 Å². The lowest BCUT2D eigenvalue weighted by Gasteiger charge is -2.21. The number of halogens is 1.